The zero-order valence-electron chi connectivity index (χ0n) is 15.0. The molecule has 25 heavy (non-hydrogen) atoms. The maximum atomic E-state index is 5.65. The van der Waals surface area contributed by atoms with Gasteiger partial charge in [0, 0.05) is 38.7 Å². The number of hydrogen-bond acceptors (Lipinski definition) is 5. The minimum atomic E-state index is 0.461. The maximum absolute atomic E-state index is 5.65. The van der Waals surface area contributed by atoms with Gasteiger partial charge in [-0.3, -0.25) is 4.68 Å². The van der Waals surface area contributed by atoms with E-state index in [4.69, 9.17) is 9.47 Å². The molecule has 0 aliphatic heterocycles. The quantitative estimate of drug-likeness (QED) is 0.402. The summed E-state index contributed by atoms with van der Waals surface area (Å²) in [5, 5.41) is 10.7. The van der Waals surface area contributed by atoms with Crippen LogP contribution in [0.15, 0.2) is 35.6 Å². The molecule has 0 aromatic carbocycles. The van der Waals surface area contributed by atoms with Gasteiger partial charge in [-0.2, -0.15) is 5.10 Å². The van der Waals surface area contributed by atoms with Crippen molar-refractivity contribution in [3.63, 3.8) is 0 Å². The molecule has 0 bridgehead atoms. The molecule has 8 heteroatoms. The van der Waals surface area contributed by atoms with Crippen molar-refractivity contribution in [1.82, 2.24) is 25.4 Å². The Morgan fingerprint density at radius 2 is 2.12 bits per heavy atom. The van der Waals surface area contributed by atoms with E-state index in [-0.39, 0.29) is 0 Å². The van der Waals surface area contributed by atoms with Crippen molar-refractivity contribution in [3.8, 4) is 5.88 Å². The molecule has 136 valence electrons. The number of hydrogen-bond donors (Lipinski definition) is 2. The number of guanidine groups is 1. The van der Waals surface area contributed by atoms with Crippen molar-refractivity contribution < 1.29 is 9.47 Å². The fourth-order valence-electron chi connectivity index (χ4n) is 2.15. The van der Waals surface area contributed by atoms with Crippen LogP contribution in [0.1, 0.15) is 18.2 Å². The number of aromatic nitrogens is 3. The monoisotopic (exact) mass is 346 g/mol. The lowest BCUT2D eigenvalue weighted by molar-refractivity contribution is 0.143. The number of nitrogens with zero attached hydrogens (tertiary/aromatic N) is 4. The van der Waals surface area contributed by atoms with Crippen LogP contribution in [0.3, 0.4) is 0 Å². The number of aliphatic imine (C=N–C) groups is 1. The molecule has 2 aromatic rings. The molecular formula is C17H26N6O2. The second-order valence-electron chi connectivity index (χ2n) is 5.30. The third-order valence-electron chi connectivity index (χ3n) is 3.49. The van der Waals surface area contributed by atoms with Crippen molar-refractivity contribution in [3.05, 3.63) is 41.9 Å². The van der Waals surface area contributed by atoms with Crippen LogP contribution in [0.2, 0.25) is 0 Å². The summed E-state index contributed by atoms with van der Waals surface area (Å²) in [7, 11) is 3.56. The van der Waals surface area contributed by atoms with Crippen LogP contribution in [0.25, 0.3) is 0 Å². The molecule has 0 aliphatic carbocycles. The Morgan fingerprint density at radius 3 is 2.84 bits per heavy atom. The normalized spacial score (nSPS) is 11.4. The second-order valence-corrected chi connectivity index (χ2v) is 5.30. The standard InChI is InChI=1S/C17H26N6O2/c1-4-18-17(21-13-15-7-9-22-23(15)2)20-12-14-6-5-8-19-16(14)25-11-10-24-3/h5-9H,4,10-13H2,1-3H3,(H2,18,20,21). The molecule has 0 fully saturated rings. The zero-order chi connectivity index (χ0) is 17.9. The minimum absolute atomic E-state index is 0.461. The SMILES string of the molecule is CCNC(=NCc1cccnc1OCCOC)NCc1ccnn1C. The Hall–Kier alpha value is -2.61. The van der Waals surface area contributed by atoms with Crippen LogP contribution < -0.4 is 15.4 Å². The average molecular weight is 346 g/mol. The van der Waals surface area contributed by atoms with E-state index in [9.17, 15) is 0 Å². The highest BCUT2D eigenvalue weighted by molar-refractivity contribution is 5.79. The van der Waals surface area contributed by atoms with Gasteiger partial charge in [0.15, 0.2) is 5.96 Å². The van der Waals surface area contributed by atoms with E-state index in [0.717, 1.165) is 23.8 Å². The van der Waals surface area contributed by atoms with Crippen molar-refractivity contribution >= 4 is 5.96 Å². The summed E-state index contributed by atoms with van der Waals surface area (Å²) in [5.41, 5.74) is 2.01. The molecular weight excluding hydrogens is 320 g/mol. The molecule has 0 saturated heterocycles. The molecule has 0 saturated carbocycles. The number of ether oxygens (including phenoxy) is 2. The van der Waals surface area contributed by atoms with Crippen molar-refractivity contribution in [2.45, 2.75) is 20.0 Å². The van der Waals surface area contributed by atoms with Gasteiger partial charge in [-0.1, -0.05) is 6.07 Å². The highest BCUT2D eigenvalue weighted by atomic mass is 16.5. The Labute approximate surface area is 148 Å². The first-order valence-electron chi connectivity index (χ1n) is 8.29. The van der Waals surface area contributed by atoms with E-state index >= 15 is 0 Å². The van der Waals surface area contributed by atoms with Crippen molar-refractivity contribution in [2.24, 2.45) is 12.0 Å². The van der Waals surface area contributed by atoms with Crippen LogP contribution in [0.4, 0.5) is 0 Å². The van der Waals surface area contributed by atoms with E-state index in [1.165, 1.54) is 0 Å². The Balaban J connectivity index is 1.99. The second kappa shape index (κ2) is 10.3. The lowest BCUT2D eigenvalue weighted by atomic mass is 10.3. The summed E-state index contributed by atoms with van der Waals surface area (Å²) < 4.78 is 12.5. The molecule has 2 heterocycles. The van der Waals surface area contributed by atoms with E-state index in [2.05, 4.69) is 25.7 Å². The van der Waals surface area contributed by atoms with Gasteiger partial charge in [0.1, 0.15) is 6.61 Å². The molecule has 0 amide bonds. The van der Waals surface area contributed by atoms with Crippen LogP contribution in [0, 0.1) is 0 Å². The Kier molecular flexibility index (Phi) is 7.71. The van der Waals surface area contributed by atoms with E-state index < -0.39 is 0 Å². The number of aryl methyl sites for hydroxylation is 1. The van der Waals surface area contributed by atoms with Crippen molar-refractivity contribution in [1.29, 1.82) is 0 Å². The topological polar surface area (TPSA) is 85.6 Å². The Bertz CT molecular complexity index is 671. The first-order valence-corrected chi connectivity index (χ1v) is 8.29. The number of nitrogens with one attached hydrogen (secondary N) is 2. The average Bonchev–Trinajstić information content (AvgIpc) is 3.03. The maximum Gasteiger partial charge on any atom is 0.218 e. The fraction of sp³-hybridized carbons (Fsp3) is 0.471. The molecule has 8 nitrogen and oxygen atoms in total. The summed E-state index contributed by atoms with van der Waals surface area (Å²) >= 11 is 0. The summed E-state index contributed by atoms with van der Waals surface area (Å²) in [6.45, 7) is 4.91. The molecule has 2 rings (SSSR count). The van der Waals surface area contributed by atoms with Crippen LogP contribution >= 0.6 is 0 Å². The third-order valence-corrected chi connectivity index (χ3v) is 3.49. The summed E-state index contributed by atoms with van der Waals surface area (Å²) in [5.74, 6) is 1.32. The first kappa shape index (κ1) is 18.7. The van der Waals surface area contributed by atoms with Gasteiger partial charge < -0.3 is 20.1 Å². The predicted molar refractivity (Wildman–Crippen MR) is 96.5 cm³/mol. The molecule has 0 radical (unpaired) electrons. The predicted octanol–water partition coefficient (Wildman–Crippen LogP) is 1.10. The van der Waals surface area contributed by atoms with Gasteiger partial charge in [-0.05, 0) is 19.1 Å². The van der Waals surface area contributed by atoms with E-state index in [1.54, 1.807) is 19.5 Å². The van der Waals surface area contributed by atoms with Crippen LogP contribution in [-0.4, -0.2) is 47.6 Å². The molecule has 2 aromatic heterocycles. The summed E-state index contributed by atoms with van der Waals surface area (Å²) in [6.07, 6.45) is 3.49. The van der Waals surface area contributed by atoms with Crippen LogP contribution in [0.5, 0.6) is 5.88 Å². The highest BCUT2D eigenvalue weighted by Crippen LogP contribution is 2.15. The summed E-state index contributed by atoms with van der Waals surface area (Å²) in [4.78, 5) is 8.89. The number of rotatable bonds is 9. The molecule has 0 unspecified atom stereocenters. The molecule has 0 aliphatic rings. The Morgan fingerprint density at radius 1 is 1.24 bits per heavy atom. The number of methoxy groups -OCH3 is 1. The van der Waals surface area contributed by atoms with Crippen LogP contribution in [-0.2, 0) is 24.9 Å². The molecule has 0 atom stereocenters. The minimum Gasteiger partial charge on any atom is -0.475 e. The smallest absolute Gasteiger partial charge is 0.218 e. The fourth-order valence-corrected chi connectivity index (χ4v) is 2.15. The van der Waals surface area contributed by atoms with Gasteiger partial charge in [-0.15, -0.1) is 0 Å². The van der Waals surface area contributed by atoms with Gasteiger partial charge in [0.25, 0.3) is 0 Å². The summed E-state index contributed by atoms with van der Waals surface area (Å²) in [6, 6.07) is 5.81. The number of pyridine rings is 1. The van der Waals surface area contributed by atoms with Gasteiger partial charge in [-0.25, -0.2) is 9.98 Å². The first-order chi connectivity index (χ1) is 12.2. The van der Waals surface area contributed by atoms with Gasteiger partial charge >= 0.3 is 0 Å². The largest absolute Gasteiger partial charge is 0.475 e. The highest BCUT2D eigenvalue weighted by Gasteiger charge is 2.06. The zero-order valence-corrected chi connectivity index (χ0v) is 15.0. The molecule has 2 N–H and O–H groups in total. The lowest BCUT2D eigenvalue weighted by Gasteiger charge is -2.12. The van der Waals surface area contributed by atoms with E-state index in [1.807, 2.05) is 36.9 Å². The molecule has 0 spiro atoms. The van der Waals surface area contributed by atoms with Gasteiger partial charge in [0.2, 0.25) is 5.88 Å². The van der Waals surface area contributed by atoms with Crippen molar-refractivity contribution in [2.75, 3.05) is 26.9 Å². The third kappa shape index (κ3) is 6.07. The lowest BCUT2D eigenvalue weighted by Crippen LogP contribution is -2.37. The van der Waals surface area contributed by atoms with Gasteiger partial charge in [0.05, 0.1) is 25.4 Å². The van der Waals surface area contributed by atoms with E-state index in [0.29, 0.717) is 32.2 Å².